The van der Waals surface area contributed by atoms with Crippen molar-refractivity contribution in [3.63, 3.8) is 0 Å². The molecular formula is C21H30FN3O4. The van der Waals surface area contributed by atoms with Crippen LogP contribution in [0.5, 0.6) is 0 Å². The Hall–Kier alpha value is -2.35. The predicted octanol–water partition coefficient (Wildman–Crippen LogP) is 2.94. The van der Waals surface area contributed by atoms with E-state index < -0.39 is 23.9 Å². The van der Waals surface area contributed by atoms with Crippen molar-refractivity contribution in [2.24, 2.45) is 0 Å². The lowest BCUT2D eigenvalue weighted by atomic mass is 10.2. The van der Waals surface area contributed by atoms with E-state index in [9.17, 15) is 14.0 Å². The number of carbonyl (C=O) groups is 2. The number of carbonyl (C=O) groups excluding carboxylic acids is 2. The van der Waals surface area contributed by atoms with Crippen LogP contribution in [0.3, 0.4) is 0 Å². The maximum absolute atomic E-state index is 14.4. The summed E-state index contributed by atoms with van der Waals surface area (Å²) < 4.78 is 25.0. The van der Waals surface area contributed by atoms with Gasteiger partial charge in [0.15, 0.2) is 0 Å². The van der Waals surface area contributed by atoms with Crippen LogP contribution in [0.1, 0.15) is 32.8 Å². The summed E-state index contributed by atoms with van der Waals surface area (Å²) in [6.07, 6.45) is -1.37. The zero-order valence-corrected chi connectivity index (χ0v) is 17.3. The molecule has 0 saturated carbocycles. The Kier molecular flexibility index (Phi) is 6.62. The monoisotopic (exact) mass is 407 g/mol. The van der Waals surface area contributed by atoms with E-state index in [1.54, 1.807) is 25.7 Å². The zero-order valence-electron chi connectivity index (χ0n) is 17.3. The zero-order chi connectivity index (χ0) is 21.0. The van der Waals surface area contributed by atoms with E-state index in [4.69, 9.17) is 9.47 Å². The number of alkyl carbamates (subject to hydrolysis) is 1. The normalized spacial score (nSPS) is 25.1. The summed E-state index contributed by atoms with van der Waals surface area (Å²) in [5, 5.41) is 2.63. The molecule has 2 aliphatic rings. The number of rotatable bonds is 4. The number of likely N-dealkylation sites (tertiary alicyclic amines) is 2. The summed E-state index contributed by atoms with van der Waals surface area (Å²) in [5.41, 5.74) is 0.313. The number of ether oxygens (including phenoxy) is 2. The van der Waals surface area contributed by atoms with Crippen molar-refractivity contribution in [2.45, 2.75) is 57.7 Å². The smallest absolute Gasteiger partial charge is 0.410 e. The van der Waals surface area contributed by atoms with Gasteiger partial charge in [-0.05, 0) is 32.8 Å². The number of halogens is 1. The number of alkyl halides is 1. The predicted molar refractivity (Wildman–Crippen MR) is 106 cm³/mol. The highest BCUT2D eigenvalue weighted by Gasteiger charge is 2.40. The van der Waals surface area contributed by atoms with Crippen LogP contribution in [0.2, 0.25) is 0 Å². The highest BCUT2D eigenvalue weighted by molar-refractivity contribution is 5.68. The first-order valence-corrected chi connectivity index (χ1v) is 10.0. The molecule has 1 aromatic carbocycles. The van der Waals surface area contributed by atoms with Gasteiger partial charge in [-0.3, -0.25) is 4.90 Å². The summed E-state index contributed by atoms with van der Waals surface area (Å²) in [7, 11) is 0. The number of amides is 2. The van der Waals surface area contributed by atoms with Crippen LogP contribution in [0.15, 0.2) is 30.3 Å². The second-order valence-electron chi connectivity index (χ2n) is 8.65. The molecule has 8 heteroatoms. The molecule has 0 spiro atoms. The van der Waals surface area contributed by atoms with E-state index in [1.807, 2.05) is 35.2 Å². The van der Waals surface area contributed by atoms with Gasteiger partial charge < -0.3 is 19.7 Å². The molecule has 2 heterocycles. The lowest BCUT2D eigenvalue weighted by Gasteiger charge is -2.24. The molecule has 2 aliphatic heterocycles. The number of benzene rings is 1. The Balaban J connectivity index is 1.45. The minimum Gasteiger partial charge on any atom is -0.445 e. The van der Waals surface area contributed by atoms with Crippen LogP contribution >= 0.6 is 0 Å². The fourth-order valence-electron chi connectivity index (χ4n) is 3.70. The average Bonchev–Trinajstić information content (AvgIpc) is 3.26. The summed E-state index contributed by atoms with van der Waals surface area (Å²) in [6, 6.07) is 8.98. The fraction of sp³-hybridized carbons (Fsp3) is 0.619. The first-order valence-electron chi connectivity index (χ1n) is 10.0. The number of nitrogens with zero attached hydrogens (tertiary/aromatic N) is 2. The van der Waals surface area contributed by atoms with Crippen LogP contribution in [-0.4, -0.2) is 72.0 Å². The quantitative estimate of drug-likeness (QED) is 0.831. The van der Waals surface area contributed by atoms with Crippen molar-refractivity contribution in [1.82, 2.24) is 15.1 Å². The number of hydrogen-bond acceptors (Lipinski definition) is 5. The third-order valence-electron chi connectivity index (χ3n) is 5.12. The van der Waals surface area contributed by atoms with Crippen molar-refractivity contribution < 1.29 is 23.5 Å². The van der Waals surface area contributed by atoms with Crippen molar-refractivity contribution in [3.05, 3.63) is 35.9 Å². The van der Waals surface area contributed by atoms with Gasteiger partial charge in [0, 0.05) is 32.2 Å². The van der Waals surface area contributed by atoms with Crippen molar-refractivity contribution >= 4 is 12.2 Å². The lowest BCUT2D eigenvalue weighted by Crippen LogP contribution is -2.44. The Morgan fingerprint density at radius 2 is 1.90 bits per heavy atom. The fourth-order valence-corrected chi connectivity index (χ4v) is 3.70. The van der Waals surface area contributed by atoms with Gasteiger partial charge in [-0.15, -0.1) is 0 Å². The molecule has 0 radical (unpaired) electrons. The third kappa shape index (κ3) is 6.06. The molecule has 3 rings (SSSR count). The van der Waals surface area contributed by atoms with Gasteiger partial charge in [-0.1, -0.05) is 30.3 Å². The van der Waals surface area contributed by atoms with Crippen LogP contribution in [0, 0.1) is 0 Å². The molecule has 1 N–H and O–H groups in total. The largest absolute Gasteiger partial charge is 0.445 e. The molecule has 2 fully saturated rings. The highest BCUT2D eigenvalue weighted by atomic mass is 19.1. The molecule has 0 aromatic heterocycles. The Morgan fingerprint density at radius 3 is 2.59 bits per heavy atom. The lowest BCUT2D eigenvalue weighted by molar-refractivity contribution is 0.0488. The van der Waals surface area contributed by atoms with E-state index in [0.717, 1.165) is 12.0 Å². The van der Waals surface area contributed by atoms with Crippen LogP contribution in [0.4, 0.5) is 14.0 Å². The summed E-state index contributed by atoms with van der Waals surface area (Å²) >= 11 is 0. The maximum atomic E-state index is 14.4. The van der Waals surface area contributed by atoms with E-state index in [2.05, 4.69) is 5.32 Å². The first-order chi connectivity index (χ1) is 13.7. The van der Waals surface area contributed by atoms with Crippen LogP contribution in [-0.2, 0) is 16.1 Å². The summed E-state index contributed by atoms with van der Waals surface area (Å²) in [6.45, 7) is 7.25. The molecular weight excluding hydrogens is 377 g/mol. The van der Waals surface area contributed by atoms with E-state index >= 15 is 0 Å². The molecule has 7 nitrogen and oxygen atoms in total. The van der Waals surface area contributed by atoms with Crippen molar-refractivity contribution in [1.29, 1.82) is 0 Å². The van der Waals surface area contributed by atoms with E-state index in [1.165, 1.54) is 0 Å². The minimum atomic E-state index is -1.17. The van der Waals surface area contributed by atoms with Gasteiger partial charge in [-0.2, -0.15) is 0 Å². The van der Waals surface area contributed by atoms with Gasteiger partial charge in [0.2, 0.25) is 0 Å². The molecule has 29 heavy (non-hydrogen) atoms. The van der Waals surface area contributed by atoms with Crippen molar-refractivity contribution in [2.75, 3.05) is 26.2 Å². The number of nitrogens with one attached hydrogen (secondary N) is 1. The second kappa shape index (κ2) is 8.98. The van der Waals surface area contributed by atoms with Crippen molar-refractivity contribution in [3.8, 4) is 0 Å². The first kappa shape index (κ1) is 21.4. The van der Waals surface area contributed by atoms with Crippen LogP contribution < -0.4 is 5.32 Å². The topological polar surface area (TPSA) is 71.1 Å². The molecule has 0 bridgehead atoms. The molecule has 3 atom stereocenters. The van der Waals surface area contributed by atoms with E-state index in [-0.39, 0.29) is 25.3 Å². The average molecular weight is 407 g/mol. The number of hydrogen-bond donors (Lipinski definition) is 1. The Morgan fingerprint density at radius 1 is 1.17 bits per heavy atom. The standard InChI is InChI=1S/C21H30FN3O4/c1-21(2,3)29-19(26)23-18-13-25(12-17(18)22)16-9-10-24(11-16)20(27)28-14-15-7-5-4-6-8-15/h4-8,16-18H,9-14H2,1-3H3,(H,23,26)/t16-,17+,18+/m0/s1. The van der Waals surface area contributed by atoms with Gasteiger partial charge >= 0.3 is 12.2 Å². The summed E-state index contributed by atoms with van der Waals surface area (Å²) in [5.74, 6) is 0. The minimum absolute atomic E-state index is 0.0583. The van der Waals surface area contributed by atoms with Gasteiger partial charge in [0.05, 0.1) is 6.04 Å². The molecule has 2 saturated heterocycles. The molecule has 2 amide bonds. The maximum Gasteiger partial charge on any atom is 0.410 e. The Bertz CT molecular complexity index is 710. The van der Waals surface area contributed by atoms with Gasteiger partial charge in [0.25, 0.3) is 0 Å². The van der Waals surface area contributed by atoms with Gasteiger partial charge in [-0.25, -0.2) is 14.0 Å². The molecule has 1 aromatic rings. The second-order valence-corrected chi connectivity index (χ2v) is 8.65. The highest BCUT2D eigenvalue weighted by Crippen LogP contribution is 2.23. The third-order valence-corrected chi connectivity index (χ3v) is 5.12. The summed E-state index contributed by atoms with van der Waals surface area (Å²) in [4.78, 5) is 27.9. The molecule has 160 valence electrons. The van der Waals surface area contributed by atoms with E-state index in [0.29, 0.717) is 19.6 Å². The molecule has 0 unspecified atom stereocenters. The molecule has 0 aliphatic carbocycles. The van der Waals surface area contributed by atoms with Gasteiger partial charge in [0.1, 0.15) is 18.4 Å². The SMILES string of the molecule is CC(C)(C)OC(=O)N[C@@H]1CN([C@H]2CCN(C(=O)OCc3ccccc3)C2)C[C@H]1F. The van der Waals surface area contributed by atoms with Crippen LogP contribution in [0.25, 0.3) is 0 Å². The Labute approximate surface area is 171 Å².